The fourth-order valence-corrected chi connectivity index (χ4v) is 1.46. The predicted octanol–water partition coefficient (Wildman–Crippen LogP) is 3.06. The molecule has 0 amide bonds. The minimum absolute atomic E-state index is 0.335. The third-order valence-electron chi connectivity index (χ3n) is 1.98. The summed E-state index contributed by atoms with van der Waals surface area (Å²) in [4.78, 5) is 4.05. The van der Waals surface area contributed by atoms with E-state index in [1.165, 1.54) is 6.07 Å². The number of aromatic nitrogens is 1. The monoisotopic (exact) mass is 297 g/mol. The molecule has 0 aliphatic rings. The van der Waals surface area contributed by atoms with E-state index in [1.54, 1.807) is 30.3 Å². The van der Waals surface area contributed by atoms with Crippen LogP contribution in [0.2, 0.25) is 0 Å². The van der Waals surface area contributed by atoms with Gasteiger partial charge in [-0.25, -0.2) is 10.2 Å². The number of hydrogen-bond acceptors (Lipinski definition) is 4. The Morgan fingerprint density at radius 2 is 2.12 bits per heavy atom. The number of nitrogen functional groups attached to an aromatic ring is 1. The lowest BCUT2D eigenvalue weighted by molar-refractivity contribution is 0.458. The van der Waals surface area contributed by atoms with Crippen molar-refractivity contribution in [1.29, 1.82) is 0 Å². The first kappa shape index (κ1) is 11.8. The zero-order chi connectivity index (χ0) is 12.3. The van der Waals surface area contributed by atoms with Gasteiger partial charge in [-0.2, -0.15) is 4.98 Å². The first-order valence-electron chi connectivity index (χ1n) is 4.75. The van der Waals surface area contributed by atoms with E-state index in [4.69, 9.17) is 10.6 Å². The number of nitrogens with zero attached hydrogens (tertiary/aromatic N) is 1. The molecule has 0 saturated carbocycles. The van der Waals surface area contributed by atoms with Crippen molar-refractivity contribution >= 4 is 21.7 Å². The van der Waals surface area contributed by atoms with E-state index in [-0.39, 0.29) is 0 Å². The molecule has 0 unspecified atom stereocenters. The third-order valence-corrected chi connectivity index (χ3v) is 2.63. The molecule has 0 radical (unpaired) electrons. The molecule has 0 aliphatic carbocycles. The molecule has 1 aromatic carbocycles. The number of pyridine rings is 1. The van der Waals surface area contributed by atoms with Crippen LogP contribution in [-0.4, -0.2) is 4.98 Å². The number of hydrazine groups is 1. The van der Waals surface area contributed by atoms with Crippen LogP contribution in [0.5, 0.6) is 11.6 Å². The Balaban J connectivity index is 2.22. The molecule has 1 aromatic heterocycles. The standard InChI is InChI=1S/C11H9BrFN3O/c12-8-5-4-7(6-9(8)13)17-11-3-1-2-10(15-11)16-14/h1-6H,14H2,(H,15,16). The molecule has 88 valence electrons. The minimum atomic E-state index is -0.393. The van der Waals surface area contributed by atoms with E-state index >= 15 is 0 Å². The SMILES string of the molecule is NNc1cccc(Oc2ccc(Br)c(F)c2)n1. The highest BCUT2D eigenvalue weighted by Crippen LogP contribution is 2.25. The molecule has 0 atom stereocenters. The van der Waals surface area contributed by atoms with Gasteiger partial charge >= 0.3 is 0 Å². The van der Waals surface area contributed by atoms with E-state index in [9.17, 15) is 4.39 Å². The van der Waals surface area contributed by atoms with E-state index in [0.717, 1.165) is 0 Å². The number of benzene rings is 1. The van der Waals surface area contributed by atoms with Crippen molar-refractivity contribution in [2.24, 2.45) is 5.84 Å². The van der Waals surface area contributed by atoms with Crippen molar-refractivity contribution in [2.45, 2.75) is 0 Å². The molecule has 0 bridgehead atoms. The number of nitrogens with two attached hydrogens (primary N) is 1. The largest absolute Gasteiger partial charge is 0.439 e. The lowest BCUT2D eigenvalue weighted by Gasteiger charge is -2.06. The number of hydrogen-bond donors (Lipinski definition) is 2. The van der Waals surface area contributed by atoms with E-state index in [1.807, 2.05) is 0 Å². The summed E-state index contributed by atoms with van der Waals surface area (Å²) in [5.74, 6) is 6.00. The molecular weight excluding hydrogens is 289 g/mol. The van der Waals surface area contributed by atoms with Crippen molar-refractivity contribution in [3.8, 4) is 11.6 Å². The fourth-order valence-electron chi connectivity index (χ4n) is 1.21. The maximum absolute atomic E-state index is 13.2. The Bertz CT molecular complexity index is 536. The molecule has 0 fully saturated rings. The van der Waals surface area contributed by atoms with Gasteiger partial charge in [0.15, 0.2) is 0 Å². The van der Waals surface area contributed by atoms with Crippen molar-refractivity contribution in [3.05, 3.63) is 46.7 Å². The first-order valence-corrected chi connectivity index (χ1v) is 5.55. The van der Waals surface area contributed by atoms with Crippen LogP contribution in [0.15, 0.2) is 40.9 Å². The normalized spacial score (nSPS) is 10.1. The molecule has 1 heterocycles. The van der Waals surface area contributed by atoms with Crippen molar-refractivity contribution in [3.63, 3.8) is 0 Å². The lowest BCUT2D eigenvalue weighted by atomic mass is 10.3. The van der Waals surface area contributed by atoms with Gasteiger partial charge in [0.25, 0.3) is 0 Å². The summed E-state index contributed by atoms with van der Waals surface area (Å²) in [5, 5.41) is 0. The summed E-state index contributed by atoms with van der Waals surface area (Å²) >= 11 is 3.06. The molecule has 2 aromatic rings. The highest BCUT2D eigenvalue weighted by molar-refractivity contribution is 9.10. The van der Waals surface area contributed by atoms with E-state index < -0.39 is 5.82 Å². The average molecular weight is 298 g/mol. The fraction of sp³-hybridized carbons (Fsp3) is 0. The Morgan fingerprint density at radius 3 is 2.82 bits per heavy atom. The van der Waals surface area contributed by atoms with E-state index in [2.05, 4.69) is 26.3 Å². The van der Waals surface area contributed by atoms with Crippen LogP contribution in [0, 0.1) is 5.82 Å². The highest BCUT2D eigenvalue weighted by Gasteiger charge is 2.04. The summed E-state index contributed by atoms with van der Waals surface area (Å²) in [6, 6.07) is 9.55. The summed E-state index contributed by atoms with van der Waals surface area (Å²) in [7, 11) is 0. The average Bonchev–Trinajstić information content (AvgIpc) is 2.34. The van der Waals surface area contributed by atoms with Gasteiger partial charge in [-0.15, -0.1) is 0 Å². The van der Waals surface area contributed by atoms with Crippen LogP contribution in [0.25, 0.3) is 0 Å². The minimum Gasteiger partial charge on any atom is -0.439 e. The van der Waals surface area contributed by atoms with E-state index in [0.29, 0.717) is 21.9 Å². The Hall–Kier alpha value is -1.66. The molecule has 0 aliphatic heterocycles. The van der Waals surface area contributed by atoms with Crippen LogP contribution >= 0.6 is 15.9 Å². The van der Waals surface area contributed by atoms with Crippen LogP contribution < -0.4 is 16.0 Å². The van der Waals surface area contributed by atoms with Crippen molar-refractivity contribution < 1.29 is 9.13 Å². The second-order valence-corrected chi connectivity index (χ2v) is 4.04. The zero-order valence-corrected chi connectivity index (χ0v) is 10.2. The van der Waals surface area contributed by atoms with Gasteiger partial charge in [0, 0.05) is 12.1 Å². The molecule has 2 rings (SSSR count). The Labute approximate surface area is 106 Å². The van der Waals surface area contributed by atoms with Gasteiger partial charge in [-0.05, 0) is 34.1 Å². The van der Waals surface area contributed by atoms with Crippen LogP contribution in [0.4, 0.5) is 10.2 Å². The summed E-state index contributed by atoms with van der Waals surface area (Å²) in [6.07, 6.45) is 0. The van der Waals surface area contributed by atoms with Gasteiger partial charge in [-0.1, -0.05) is 6.07 Å². The maximum Gasteiger partial charge on any atom is 0.221 e. The molecule has 6 heteroatoms. The molecule has 3 N–H and O–H groups in total. The predicted molar refractivity (Wildman–Crippen MR) is 66.2 cm³/mol. The van der Waals surface area contributed by atoms with Gasteiger partial charge in [0.2, 0.25) is 5.88 Å². The molecule has 0 saturated heterocycles. The highest BCUT2D eigenvalue weighted by atomic mass is 79.9. The van der Waals surface area contributed by atoms with Gasteiger partial charge < -0.3 is 10.2 Å². The number of ether oxygens (including phenoxy) is 1. The van der Waals surface area contributed by atoms with Crippen molar-refractivity contribution in [2.75, 3.05) is 5.43 Å². The lowest BCUT2D eigenvalue weighted by Crippen LogP contribution is -2.08. The Kier molecular flexibility index (Phi) is 3.55. The molecule has 4 nitrogen and oxygen atoms in total. The number of rotatable bonds is 3. The Morgan fingerprint density at radius 1 is 1.29 bits per heavy atom. The van der Waals surface area contributed by atoms with Crippen LogP contribution in [0.1, 0.15) is 0 Å². The molecular formula is C11H9BrFN3O. The molecule has 17 heavy (non-hydrogen) atoms. The number of nitrogens with one attached hydrogen (secondary N) is 1. The maximum atomic E-state index is 13.2. The number of anilines is 1. The van der Waals surface area contributed by atoms with Crippen molar-refractivity contribution in [1.82, 2.24) is 4.98 Å². The summed E-state index contributed by atoms with van der Waals surface area (Å²) in [5.41, 5.74) is 2.40. The second kappa shape index (κ2) is 5.11. The van der Waals surface area contributed by atoms with Crippen LogP contribution in [0.3, 0.4) is 0 Å². The van der Waals surface area contributed by atoms with Crippen LogP contribution in [-0.2, 0) is 0 Å². The first-order chi connectivity index (χ1) is 8.19. The summed E-state index contributed by atoms with van der Waals surface area (Å²) in [6.45, 7) is 0. The van der Waals surface area contributed by atoms with Gasteiger partial charge in [-0.3, -0.25) is 0 Å². The smallest absolute Gasteiger partial charge is 0.221 e. The quantitative estimate of drug-likeness (QED) is 0.675. The second-order valence-electron chi connectivity index (χ2n) is 3.18. The zero-order valence-electron chi connectivity index (χ0n) is 8.65. The van der Waals surface area contributed by atoms with Gasteiger partial charge in [0.05, 0.1) is 4.47 Å². The topological polar surface area (TPSA) is 60.2 Å². The number of halogens is 2. The third kappa shape index (κ3) is 2.92. The molecule has 0 spiro atoms. The summed E-state index contributed by atoms with van der Waals surface area (Å²) < 4.78 is 19.0. The van der Waals surface area contributed by atoms with Gasteiger partial charge in [0.1, 0.15) is 17.4 Å².